The van der Waals surface area contributed by atoms with E-state index in [9.17, 15) is 9.59 Å². The van der Waals surface area contributed by atoms with Crippen LogP contribution in [0.2, 0.25) is 0 Å². The molecule has 0 aromatic heterocycles. The third-order valence-electron chi connectivity index (χ3n) is 2.20. The van der Waals surface area contributed by atoms with Gasteiger partial charge in [0.25, 0.3) is 5.91 Å². The van der Waals surface area contributed by atoms with Gasteiger partial charge in [-0.1, -0.05) is 18.1 Å². The van der Waals surface area contributed by atoms with E-state index in [4.69, 9.17) is 5.11 Å². The first-order valence-corrected chi connectivity index (χ1v) is 5.04. The molecule has 0 spiro atoms. The molecule has 1 N–H and O–H groups in total. The number of nitrogens with zero attached hydrogens (tertiary/aromatic N) is 1. The summed E-state index contributed by atoms with van der Waals surface area (Å²) in [5, 5.41) is 8.73. The van der Waals surface area contributed by atoms with Crippen molar-refractivity contribution in [2.75, 3.05) is 7.05 Å². The molecule has 0 heterocycles. The minimum absolute atomic E-state index is 0.232. The lowest BCUT2D eigenvalue weighted by molar-refractivity contribution is -0.124. The van der Waals surface area contributed by atoms with E-state index in [0.29, 0.717) is 6.54 Å². The third-order valence-corrected chi connectivity index (χ3v) is 2.20. The molecule has 0 radical (unpaired) electrons. The summed E-state index contributed by atoms with van der Waals surface area (Å²) in [6.45, 7) is 2.01. The van der Waals surface area contributed by atoms with Gasteiger partial charge in [-0.15, -0.1) is 0 Å². The summed E-state index contributed by atoms with van der Waals surface area (Å²) >= 11 is 0. The summed E-state index contributed by atoms with van der Waals surface area (Å²) < 4.78 is 0. The van der Waals surface area contributed by atoms with Crippen LogP contribution in [-0.2, 0) is 11.3 Å². The van der Waals surface area contributed by atoms with Gasteiger partial charge in [-0.2, -0.15) is 0 Å². The minimum atomic E-state index is -0.960. The predicted octanol–water partition coefficient (Wildman–Crippen LogP) is 1.37. The van der Waals surface area contributed by atoms with Gasteiger partial charge in [0, 0.05) is 13.6 Å². The molecule has 0 fully saturated rings. The average molecular weight is 231 g/mol. The Bertz CT molecular complexity index is 480. The van der Waals surface area contributed by atoms with Gasteiger partial charge in [0.2, 0.25) is 0 Å². The monoisotopic (exact) mass is 231 g/mol. The first kappa shape index (κ1) is 12.8. The summed E-state index contributed by atoms with van der Waals surface area (Å²) in [4.78, 5) is 23.5. The average Bonchev–Trinajstić information content (AvgIpc) is 2.30. The van der Waals surface area contributed by atoms with Crippen molar-refractivity contribution in [1.29, 1.82) is 0 Å². The molecule has 0 aliphatic heterocycles. The Morgan fingerprint density at radius 1 is 1.29 bits per heavy atom. The second-order valence-electron chi connectivity index (χ2n) is 3.54. The van der Waals surface area contributed by atoms with Crippen LogP contribution in [0.3, 0.4) is 0 Å². The molecule has 0 aliphatic carbocycles. The Balaban J connectivity index is 2.71. The van der Waals surface area contributed by atoms with Gasteiger partial charge in [-0.3, -0.25) is 4.79 Å². The second-order valence-corrected chi connectivity index (χ2v) is 3.54. The van der Waals surface area contributed by atoms with Crippen LogP contribution in [-0.4, -0.2) is 28.9 Å². The normalized spacial score (nSPS) is 9.06. The number of aromatic carboxylic acids is 1. The number of hydrogen-bond donors (Lipinski definition) is 1. The van der Waals surface area contributed by atoms with Gasteiger partial charge < -0.3 is 10.0 Å². The molecule has 88 valence electrons. The van der Waals surface area contributed by atoms with Gasteiger partial charge in [-0.05, 0) is 30.5 Å². The zero-order chi connectivity index (χ0) is 12.8. The molecular formula is C13H13NO3. The lowest BCUT2D eigenvalue weighted by Gasteiger charge is -2.13. The highest BCUT2D eigenvalue weighted by Gasteiger charge is 2.07. The van der Waals surface area contributed by atoms with Crippen LogP contribution in [0.5, 0.6) is 0 Å². The number of amides is 1. The van der Waals surface area contributed by atoms with Crippen LogP contribution in [0.25, 0.3) is 0 Å². The molecule has 1 rings (SSSR count). The highest BCUT2D eigenvalue weighted by atomic mass is 16.4. The van der Waals surface area contributed by atoms with Gasteiger partial charge in [0.1, 0.15) is 0 Å². The van der Waals surface area contributed by atoms with Crippen molar-refractivity contribution >= 4 is 11.9 Å². The maximum absolute atomic E-state index is 11.4. The van der Waals surface area contributed by atoms with Crippen LogP contribution in [0, 0.1) is 11.8 Å². The van der Waals surface area contributed by atoms with Crippen LogP contribution in [0.15, 0.2) is 24.3 Å². The number of carbonyl (C=O) groups is 2. The number of benzene rings is 1. The lowest BCUT2D eigenvalue weighted by atomic mass is 10.1. The first-order chi connectivity index (χ1) is 8.04. The summed E-state index contributed by atoms with van der Waals surface area (Å²) in [6.07, 6.45) is 0. The molecular weight excluding hydrogens is 218 g/mol. The van der Waals surface area contributed by atoms with Crippen molar-refractivity contribution in [1.82, 2.24) is 4.90 Å². The van der Waals surface area contributed by atoms with E-state index in [1.807, 2.05) is 0 Å². The van der Waals surface area contributed by atoms with Gasteiger partial charge in [0.15, 0.2) is 0 Å². The maximum Gasteiger partial charge on any atom is 0.335 e. The maximum atomic E-state index is 11.4. The minimum Gasteiger partial charge on any atom is -0.478 e. The number of carboxylic acids is 1. The van der Waals surface area contributed by atoms with Crippen molar-refractivity contribution in [2.24, 2.45) is 0 Å². The quantitative estimate of drug-likeness (QED) is 0.799. The number of carboxylic acid groups (broad SMARTS) is 1. The fourth-order valence-corrected chi connectivity index (χ4v) is 1.30. The molecule has 1 amide bonds. The van der Waals surface area contributed by atoms with Crippen LogP contribution in [0.4, 0.5) is 0 Å². The highest BCUT2D eigenvalue weighted by Crippen LogP contribution is 2.06. The van der Waals surface area contributed by atoms with Crippen LogP contribution < -0.4 is 0 Å². The number of rotatable bonds is 3. The van der Waals surface area contributed by atoms with E-state index in [-0.39, 0.29) is 11.5 Å². The van der Waals surface area contributed by atoms with E-state index in [1.54, 1.807) is 26.1 Å². The number of carbonyl (C=O) groups excluding carboxylic acids is 1. The smallest absolute Gasteiger partial charge is 0.335 e. The fraction of sp³-hybridized carbons (Fsp3) is 0.231. The molecule has 0 bridgehead atoms. The second kappa shape index (κ2) is 5.71. The molecule has 4 heteroatoms. The van der Waals surface area contributed by atoms with Gasteiger partial charge >= 0.3 is 5.97 Å². The molecule has 1 aromatic rings. The zero-order valence-corrected chi connectivity index (χ0v) is 9.73. The van der Waals surface area contributed by atoms with Crippen molar-refractivity contribution in [3.63, 3.8) is 0 Å². The van der Waals surface area contributed by atoms with E-state index in [0.717, 1.165) is 5.56 Å². The van der Waals surface area contributed by atoms with E-state index in [2.05, 4.69) is 11.8 Å². The topological polar surface area (TPSA) is 57.6 Å². The Kier molecular flexibility index (Phi) is 4.29. The van der Waals surface area contributed by atoms with Crippen molar-refractivity contribution in [3.8, 4) is 11.8 Å². The standard InChI is InChI=1S/C13H13NO3/c1-3-4-12(15)14(2)9-10-5-7-11(8-6-10)13(16)17/h5-8H,9H2,1-2H3,(H,16,17). The van der Waals surface area contributed by atoms with Crippen molar-refractivity contribution in [3.05, 3.63) is 35.4 Å². The summed E-state index contributed by atoms with van der Waals surface area (Å²) in [5.41, 5.74) is 1.10. The van der Waals surface area contributed by atoms with Crippen LogP contribution >= 0.6 is 0 Å². The van der Waals surface area contributed by atoms with Crippen molar-refractivity contribution in [2.45, 2.75) is 13.5 Å². The Hall–Kier alpha value is -2.28. The first-order valence-electron chi connectivity index (χ1n) is 5.04. The van der Waals surface area contributed by atoms with E-state index in [1.165, 1.54) is 17.0 Å². The van der Waals surface area contributed by atoms with Gasteiger partial charge in [0.05, 0.1) is 5.56 Å². The Morgan fingerprint density at radius 3 is 2.35 bits per heavy atom. The predicted molar refractivity (Wildman–Crippen MR) is 63.3 cm³/mol. The van der Waals surface area contributed by atoms with Crippen molar-refractivity contribution < 1.29 is 14.7 Å². The highest BCUT2D eigenvalue weighted by molar-refractivity contribution is 5.93. The zero-order valence-electron chi connectivity index (χ0n) is 9.73. The van der Waals surface area contributed by atoms with Gasteiger partial charge in [-0.25, -0.2) is 4.79 Å². The van der Waals surface area contributed by atoms with E-state index < -0.39 is 5.97 Å². The molecule has 0 unspecified atom stereocenters. The molecule has 1 aromatic carbocycles. The molecule has 17 heavy (non-hydrogen) atoms. The summed E-state index contributed by atoms with van der Waals surface area (Å²) in [5.74, 6) is 3.76. The molecule has 0 atom stereocenters. The fourth-order valence-electron chi connectivity index (χ4n) is 1.30. The largest absolute Gasteiger partial charge is 0.478 e. The molecule has 4 nitrogen and oxygen atoms in total. The SMILES string of the molecule is CC#CC(=O)N(C)Cc1ccc(C(=O)O)cc1. The van der Waals surface area contributed by atoms with Crippen LogP contribution in [0.1, 0.15) is 22.8 Å². The third kappa shape index (κ3) is 3.65. The molecule has 0 saturated heterocycles. The Labute approximate surface area is 99.9 Å². The lowest BCUT2D eigenvalue weighted by Crippen LogP contribution is -2.24. The molecule has 0 aliphatic rings. The summed E-state index contributed by atoms with van der Waals surface area (Å²) in [6, 6.07) is 6.40. The Morgan fingerprint density at radius 2 is 1.88 bits per heavy atom. The molecule has 0 saturated carbocycles. The number of hydrogen-bond acceptors (Lipinski definition) is 2. The summed E-state index contributed by atoms with van der Waals surface area (Å²) in [7, 11) is 1.65. The van der Waals surface area contributed by atoms with E-state index >= 15 is 0 Å².